The molecule has 0 saturated carbocycles. The Balaban J connectivity index is 0.000000208. The van der Waals surface area contributed by atoms with Gasteiger partial charge in [-0.15, -0.1) is 0 Å². The highest BCUT2D eigenvalue weighted by atomic mass is 32.2. The number of aliphatic hydroxyl groups excluding tert-OH is 3. The van der Waals surface area contributed by atoms with E-state index in [9.17, 15) is 87.7 Å². The van der Waals surface area contributed by atoms with Gasteiger partial charge in [-0.25, -0.2) is 48.4 Å². The summed E-state index contributed by atoms with van der Waals surface area (Å²) in [5.74, 6) is -3.47. The number of nitrogens with zero attached hydrogens (tertiary/aromatic N) is 6. The SMILES string of the molecule is CC[C@H](C)CN(C[C@@H](O)[C@H](Cc1ccccc1)NC(=O)[C@@H]1CN(c2ccc(C(C)=O)cc2)C(=O)O1)S(=O)(=O)c1ccc(C)cc1.CC[C@H](C)CN(C[C@@H](O)[C@H](Cc1ccccc1)NC(=O)[C@@H]1CN(c2cccc(C(C)=O)c2)C(=O)O1)S(=O)(=O)c1ccc(C)cc1.CC[C@H](C)CN(C[C@@H](O)[C@H](Cc1ccccc1)NC(=O)[C@@H]1CN(c2cccc(F)c2)C(=O)O1)S(=O)(=O)c1ccc(C)c(F)c1. The maximum absolute atomic E-state index is 14.4. The first-order valence-electron chi connectivity index (χ1n) is 44.5. The minimum absolute atomic E-state index is 0.0185. The number of Topliss-reactive ketones (excluding diaryl/α,β-unsaturated/α-hetero) is 2. The molecule has 716 valence electrons. The van der Waals surface area contributed by atoms with Crippen LogP contribution in [-0.4, -0.2) is 215 Å². The third kappa shape index (κ3) is 28.3. The molecule has 6 N–H and O–H groups in total. The molecule has 3 saturated heterocycles. The van der Waals surface area contributed by atoms with Crippen molar-refractivity contribution in [3.8, 4) is 0 Å². The molecule has 0 aromatic heterocycles. The number of carbonyl (C=O) groups is 8. The van der Waals surface area contributed by atoms with E-state index in [1.165, 1.54) is 69.5 Å². The highest BCUT2D eigenvalue weighted by molar-refractivity contribution is 7.89. The number of cyclic esters (lactones) is 3. The zero-order valence-electron chi connectivity index (χ0n) is 76.9. The first-order chi connectivity index (χ1) is 63.6. The molecule has 12 atom stereocenters. The molecule has 0 spiro atoms. The van der Waals surface area contributed by atoms with Crippen LogP contribution in [0.5, 0.6) is 0 Å². The van der Waals surface area contributed by atoms with Crippen molar-refractivity contribution >= 4 is 94.7 Å². The van der Waals surface area contributed by atoms with Crippen molar-refractivity contribution in [2.75, 3.05) is 73.6 Å². The molecule has 0 aliphatic carbocycles. The fourth-order valence-corrected chi connectivity index (χ4v) is 19.7. The number of ketones is 2. The number of sulfonamides is 3. The number of rotatable bonds is 41. The van der Waals surface area contributed by atoms with E-state index in [0.29, 0.717) is 34.5 Å². The Morgan fingerprint density at radius 3 is 1.04 bits per heavy atom. The van der Waals surface area contributed by atoms with Crippen molar-refractivity contribution < 1.29 is 102 Å². The quantitative estimate of drug-likeness (QED) is 0.0153. The van der Waals surface area contributed by atoms with E-state index < -0.39 is 132 Å². The van der Waals surface area contributed by atoms with Gasteiger partial charge in [0, 0.05) is 61.8 Å². The maximum Gasteiger partial charge on any atom is 0.415 e. The van der Waals surface area contributed by atoms with Gasteiger partial charge in [-0.3, -0.25) is 38.7 Å². The average molecular weight is 1900 g/mol. The Morgan fingerprint density at radius 1 is 0.388 bits per heavy atom. The lowest BCUT2D eigenvalue weighted by Gasteiger charge is -2.31. The normalized spacial score (nSPS) is 17.1. The predicted molar refractivity (Wildman–Crippen MR) is 505 cm³/mol. The minimum Gasteiger partial charge on any atom is -0.434 e. The summed E-state index contributed by atoms with van der Waals surface area (Å²) >= 11 is 0. The van der Waals surface area contributed by atoms with Crippen molar-refractivity contribution in [2.45, 2.75) is 184 Å². The Hall–Kier alpha value is -12.0. The van der Waals surface area contributed by atoms with Crippen molar-refractivity contribution in [3.63, 3.8) is 0 Å². The number of nitrogens with one attached hydrogen (secondary N) is 3. The molecule has 6 amide bonds. The van der Waals surface area contributed by atoms with Crippen LogP contribution in [0.2, 0.25) is 0 Å². The second-order valence-electron chi connectivity index (χ2n) is 34.3. The van der Waals surface area contributed by atoms with E-state index in [1.54, 1.807) is 121 Å². The van der Waals surface area contributed by atoms with E-state index in [-0.39, 0.29) is 128 Å². The van der Waals surface area contributed by atoms with Gasteiger partial charge in [-0.05, 0) is 185 Å². The zero-order valence-corrected chi connectivity index (χ0v) is 79.4. The van der Waals surface area contributed by atoms with Gasteiger partial charge in [0.15, 0.2) is 29.9 Å². The van der Waals surface area contributed by atoms with E-state index in [2.05, 4.69) is 16.0 Å². The summed E-state index contributed by atoms with van der Waals surface area (Å²) in [6, 6.07) is 59.7. The fraction of sp³-hybridized carbons (Fsp3) is 0.380. The first-order valence-corrected chi connectivity index (χ1v) is 48.9. The lowest BCUT2D eigenvalue weighted by atomic mass is 10.0. The number of carbonyl (C=O) groups excluding carboxylic acids is 8. The van der Waals surface area contributed by atoms with Crippen LogP contribution in [0.25, 0.3) is 0 Å². The van der Waals surface area contributed by atoms with Crippen LogP contribution in [0, 0.1) is 50.2 Å². The van der Waals surface area contributed by atoms with E-state index in [1.807, 2.05) is 122 Å². The molecular formula is C100H119F2N9O20S3. The van der Waals surface area contributed by atoms with Crippen LogP contribution in [-0.2, 0) is 77.9 Å². The van der Waals surface area contributed by atoms with Gasteiger partial charge in [0.05, 0.1) is 76.4 Å². The van der Waals surface area contributed by atoms with Crippen molar-refractivity contribution in [3.05, 3.63) is 287 Å². The van der Waals surface area contributed by atoms with Crippen LogP contribution in [0.15, 0.2) is 245 Å². The van der Waals surface area contributed by atoms with E-state index in [0.717, 1.165) is 62.0 Å². The van der Waals surface area contributed by atoms with Crippen LogP contribution in [0.4, 0.5) is 40.2 Å². The molecule has 3 heterocycles. The Bertz CT molecular complexity index is 5880. The van der Waals surface area contributed by atoms with Crippen LogP contribution >= 0.6 is 0 Å². The third-order valence-corrected chi connectivity index (χ3v) is 29.3. The van der Waals surface area contributed by atoms with E-state index in [4.69, 9.17) is 14.2 Å². The number of anilines is 3. The van der Waals surface area contributed by atoms with Gasteiger partial charge < -0.3 is 45.5 Å². The van der Waals surface area contributed by atoms with Crippen molar-refractivity contribution in [2.24, 2.45) is 17.8 Å². The fourth-order valence-electron chi connectivity index (χ4n) is 15.0. The molecule has 34 heteroatoms. The molecule has 29 nitrogen and oxygen atoms in total. The molecule has 12 rings (SSSR count). The number of hydrogen-bond acceptors (Lipinski definition) is 20. The number of ether oxygens (including phenoxy) is 3. The summed E-state index contributed by atoms with van der Waals surface area (Å²) < 4.78 is 130. The predicted octanol–water partition coefficient (Wildman–Crippen LogP) is 13.1. The Labute approximate surface area is 783 Å². The second-order valence-corrected chi connectivity index (χ2v) is 40.1. The molecule has 0 unspecified atom stereocenters. The molecule has 0 bridgehead atoms. The molecular weight excluding hydrogens is 1780 g/mol. The number of benzene rings is 9. The van der Waals surface area contributed by atoms with Crippen LogP contribution in [0.1, 0.15) is 129 Å². The van der Waals surface area contributed by atoms with Gasteiger partial charge >= 0.3 is 18.3 Å². The highest BCUT2D eigenvalue weighted by Crippen LogP contribution is 2.31. The summed E-state index contributed by atoms with van der Waals surface area (Å²) in [5.41, 5.74) is 6.59. The minimum atomic E-state index is -4.23. The molecule has 3 aliphatic rings. The number of aryl methyl sites for hydroxylation is 3. The highest BCUT2D eigenvalue weighted by Gasteiger charge is 2.44. The zero-order chi connectivity index (χ0) is 97.5. The van der Waals surface area contributed by atoms with Gasteiger partial charge in [-0.2, -0.15) is 12.9 Å². The number of hydrogen-bond donors (Lipinski definition) is 6. The van der Waals surface area contributed by atoms with E-state index >= 15 is 0 Å². The third-order valence-electron chi connectivity index (χ3n) is 23.8. The smallest absolute Gasteiger partial charge is 0.415 e. The van der Waals surface area contributed by atoms with Gasteiger partial charge in [0.1, 0.15) is 11.6 Å². The van der Waals surface area contributed by atoms with Gasteiger partial charge in [0.2, 0.25) is 30.1 Å². The summed E-state index contributed by atoms with van der Waals surface area (Å²) in [6.45, 7) is 18.9. The second kappa shape index (κ2) is 47.8. The van der Waals surface area contributed by atoms with Crippen molar-refractivity contribution in [1.29, 1.82) is 0 Å². The summed E-state index contributed by atoms with van der Waals surface area (Å²) in [5, 5.41) is 43.0. The number of halogens is 2. The Kier molecular flexibility index (Phi) is 37.1. The van der Waals surface area contributed by atoms with Crippen LogP contribution < -0.4 is 30.7 Å². The van der Waals surface area contributed by atoms with Crippen LogP contribution in [0.3, 0.4) is 0 Å². The summed E-state index contributed by atoms with van der Waals surface area (Å²) in [4.78, 5) is 106. The largest absolute Gasteiger partial charge is 0.434 e. The average Bonchev–Trinajstić information content (AvgIpc) is 1.37. The van der Waals surface area contributed by atoms with Crippen molar-refractivity contribution in [1.82, 2.24) is 28.9 Å². The molecule has 9 aromatic carbocycles. The van der Waals surface area contributed by atoms with Gasteiger partial charge in [-0.1, -0.05) is 211 Å². The maximum atomic E-state index is 14.4. The monoisotopic (exact) mass is 1900 g/mol. The topological polar surface area (TPSA) is 383 Å². The lowest BCUT2D eigenvalue weighted by Crippen LogP contribution is -2.53. The molecule has 3 fully saturated rings. The summed E-state index contributed by atoms with van der Waals surface area (Å²) in [6.07, 6.45) is -7.17. The standard InChI is InChI=1S/2C34H41N3O7S.C32H37F2N3O6S/c1-5-23(2)20-36(45(42,43)29-16-14-24(3)15-17-29)21-31(39)30(18-26-10-7-6-8-11-26)35-33(40)32-22-37(34(41)44-32)28-13-9-12-27(19-28)25(4)38;1-5-23(2)20-36(45(42,43)29-17-11-24(3)12-18-29)21-31(39)30(19-26-9-7-6-8-10-26)35-33(40)32-22-37(34(41)44-32)28-15-13-27(14-16-28)25(4)38;1-4-21(2)18-36(44(41,42)26-14-13-22(3)27(34)17-26)19-29(38)28(15-23-9-6-5-7-10-23)35-31(39)30-20-37(32(40)43-30)25-12-8-11-24(33)16-25/h6-17,19,23,30-32,39H,5,18,20-22H2,1-4H3,(H,35,40);6-18,23,30-32,39H,5,19-22H2,1-4H3,(H,35,40);5-14,16-17,21,28-30,38H,4,15,18-20H2,1-3H3,(H,35,39)/t2*23-,30-,31+,32-;21-,28-,29+,30-/m000/s1. The summed E-state index contributed by atoms with van der Waals surface area (Å²) in [7, 11) is -12.1. The first kappa shape index (κ1) is 104. The molecule has 3 aliphatic heterocycles. The molecule has 0 radical (unpaired) electrons. The van der Waals surface area contributed by atoms with Gasteiger partial charge in [0.25, 0.3) is 17.7 Å². The Morgan fingerprint density at radius 2 is 0.709 bits per heavy atom. The molecule has 9 aromatic rings. The number of aliphatic hydroxyl groups is 3. The molecule has 134 heavy (non-hydrogen) atoms. The number of amides is 6. The lowest BCUT2D eigenvalue weighted by molar-refractivity contribution is -0.130.